The second-order valence-electron chi connectivity index (χ2n) is 3.57. The lowest BCUT2D eigenvalue weighted by molar-refractivity contribution is 0.0691. The minimum Gasteiger partial charge on any atom is -0.476 e. The number of pyridine rings is 1. The number of nitrogen functional groups attached to an aromatic ring is 1. The van der Waals surface area contributed by atoms with E-state index in [4.69, 9.17) is 22.4 Å². The molecule has 3 N–H and O–H groups in total. The molecule has 2 aromatic rings. The van der Waals surface area contributed by atoms with E-state index in [0.29, 0.717) is 11.1 Å². The van der Waals surface area contributed by atoms with Crippen molar-refractivity contribution in [3.63, 3.8) is 0 Å². The third-order valence-electron chi connectivity index (χ3n) is 2.35. The number of hydrogen-bond donors (Lipinski definition) is 2. The summed E-state index contributed by atoms with van der Waals surface area (Å²) in [6.07, 6.45) is 0. The smallest absolute Gasteiger partial charge is 0.355 e. The Morgan fingerprint density at radius 1 is 1.33 bits per heavy atom. The molecule has 1 aromatic heterocycles. The molecule has 0 saturated carbocycles. The van der Waals surface area contributed by atoms with Gasteiger partial charge in [-0.2, -0.15) is 0 Å². The Kier molecular flexibility index (Phi) is 3.16. The van der Waals surface area contributed by atoms with Crippen LogP contribution in [0.15, 0.2) is 30.3 Å². The fourth-order valence-electron chi connectivity index (χ4n) is 1.53. The van der Waals surface area contributed by atoms with Gasteiger partial charge in [-0.15, -0.1) is 0 Å². The largest absolute Gasteiger partial charge is 0.476 e. The minimum absolute atomic E-state index is 0.0827. The Morgan fingerprint density at radius 2 is 2.06 bits per heavy atom. The first-order chi connectivity index (χ1) is 8.49. The molecular formula is C12H8ClFN2O2. The van der Waals surface area contributed by atoms with Crippen molar-refractivity contribution in [2.75, 3.05) is 5.73 Å². The summed E-state index contributed by atoms with van der Waals surface area (Å²) >= 11 is 5.66. The lowest BCUT2D eigenvalue weighted by Crippen LogP contribution is -2.05. The number of carboxylic acid groups (broad SMARTS) is 1. The number of aromatic carboxylic acids is 1. The van der Waals surface area contributed by atoms with Crippen molar-refractivity contribution >= 4 is 23.4 Å². The monoisotopic (exact) mass is 266 g/mol. The first kappa shape index (κ1) is 12.3. The van der Waals surface area contributed by atoms with Gasteiger partial charge in [-0.25, -0.2) is 14.2 Å². The maximum absolute atomic E-state index is 13.1. The van der Waals surface area contributed by atoms with Crippen LogP contribution in [-0.4, -0.2) is 16.1 Å². The number of hydrogen-bond acceptors (Lipinski definition) is 3. The zero-order valence-corrected chi connectivity index (χ0v) is 9.78. The van der Waals surface area contributed by atoms with Crippen LogP contribution in [0.2, 0.25) is 5.02 Å². The van der Waals surface area contributed by atoms with E-state index in [1.807, 2.05) is 0 Å². The summed E-state index contributed by atoms with van der Waals surface area (Å²) in [6.45, 7) is 0. The third-order valence-corrected chi connectivity index (χ3v) is 2.64. The second kappa shape index (κ2) is 4.62. The molecule has 0 aliphatic heterocycles. The highest BCUT2D eigenvalue weighted by Crippen LogP contribution is 2.27. The Bertz CT molecular complexity index is 631. The van der Waals surface area contributed by atoms with Crippen LogP contribution in [0.4, 0.5) is 10.2 Å². The van der Waals surface area contributed by atoms with Gasteiger partial charge in [0.05, 0.1) is 5.02 Å². The zero-order valence-electron chi connectivity index (χ0n) is 9.02. The van der Waals surface area contributed by atoms with Gasteiger partial charge in [0.1, 0.15) is 11.6 Å². The predicted octanol–water partition coefficient (Wildman–Crippen LogP) is 2.82. The molecule has 0 spiro atoms. The van der Waals surface area contributed by atoms with E-state index >= 15 is 0 Å². The van der Waals surface area contributed by atoms with Crippen LogP contribution in [0.25, 0.3) is 11.1 Å². The van der Waals surface area contributed by atoms with Crippen LogP contribution in [0.1, 0.15) is 10.5 Å². The molecule has 0 radical (unpaired) electrons. The molecule has 6 heteroatoms. The van der Waals surface area contributed by atoms with Gasteiger partial charge in [-0.05, 0) is 29.8 Å². The van der Waals surface area contributed by atoms with Crippen molar-refractivity contribution in [3.8, 4) is 11.1 Å². The standard InChI is InChI=1S/C12H8ClFN2O2/c13-8-5-6(1-3-9(8)14)7-2-4-10(15)16-11(7)12(17)18/h1-5H,(H2,15,16)(H,17,18). The van der Waals surface area contributed by atoms with Crippen molar-refractivity contribution in [1.82, 2.24) is 4.98 Å². The molecular weight excluding hydrogens is 259 g/mol. The minimum atomic E-state index is -1.21. The maximum atomic E-state index is 13.1. The third kappa shape index (κ3) is 2.26. The van der Waals surface area contributed by atoms with Gasteiger partial charge in [0.25, 0.3) is 0 Å². The van der Waals surface area contributed by atoms with Gasteiger partial charge in [-0.1, -0.05) is 17.7 Å². The summed E-state index contributed by atoms with van der Waals surface area (Å²) in [5.74, 6) is -1.68. The first-order valence-corrected chi connectivity index (χ1v) is 5.32. The average molecular weight is 267 g/mol. The number of nitrogens with zero attached hydrogens (tertiary/aromatic N) is 1. The molecule has 0 amide bonds. The Morgan fingerprint density at radius 3 is 2.67 bits per heavy atom. The molecule has 0 atom stereocenters. The highest BCUT2D eigenvalue weighted by Gasteiger charge is 2.15. The summed E-state index contributed by atoms with van der Waals surface area (Å²) in [5.41, 5.74) is 6.04. The van der Waals surface area contributed by atoms with Gasteiger partial charge in [-0.3, -0.25) is 0 Å². The molecule has 92 valence electrons. The molecule has 0 saturated heterocycles. The highest BCUT2D eigenvalue weighted by molar-refractivity contribution is 6.31. The van der Waals surface area contributed by atoms with Gasteiger partial charge >= 0.3 is 5.97 Å². The number of rotatable bonds is 2. The van der Waals surface area contributed by atoms with E-state index in [9.17, 15) is 9.18 Å². The van der Waals surface area contributed by atoms with Crippen LogP contribution < -0.4 is 5.73 Å². The molecule has 0 aliphatic carbocycles. The SMILES string of the molecule is Nc1ccc(-c2ccc(F)c(Cl)c2)c(C(=O)O)n1. The van der Waals surface area contributed by atoms with Crippen molar-refractivity contribution in [3.05, 3.63) is 46.9 Å². The maximum Gasteiger partial charge on any atom is 0.355 e. The lowest BCUT2D eigenvalue weighted by Gasteiger charge is -2.07. The van der Waals surface area contributed by atoms with E-state index in [1.165, 1.54) is 30.3 Å². The van der Waals surface area contributed by atoms with Gasteiger partial charge in [0.2, 0.25) is 0 Å². The summed E-state index contributed by atoms with van der Waals surface area (Å²) < 4.78 is 13.1. The molecule has 18 heavy (non-hydrogen) atoms. The Balaban J connectivity index is 2.63. The van der Waals surface area contributed by atoms with Crippen LogP contribution in [0.3, 0.4) is 0 Å². The van der Waals surface area contributed by atoms with E-state index < -0.39 is 11.8 Å². The fraction of sp³-hybridized carbons (Fsp3) is 0. The van der Waals surface area contributed by atoms with Crippen molar-refractivity contribution in [2.24, 2.45) is 0 Å². The quantitative estimate of drug-likeness (QED) is 0.876. The van der Waals surface area contributed by atoms with E-state index in [1.54, 1.807) is 0 Å². The van der Waals surface area contributed by atoms with Gasteiger partial charge in [0.15, 0.2) is 5.69 Å². The van der Waals surface area contributed by atoms with Crippen LogP contribution in [0, 0.1) is 5.82 Å². The molecule has 0 bridgehead atoms. The molecule has 1 heterocycles. The summed E-state index contributed by atoms with van der Waals surface area (Å²) in [4.78, 5) is 14.8. The average Bonchev–Trinajstić information content (AvgIpc) is 2.32. The number of carbonyl (C=O) groups is 1. The highest BCUT2D eigenvalue weighted by atomic mass is 35.5. The van der Waals surface area contributed by atoms with Gasteiger partial charge in [0, 0.05) is 5.56 Å². The Hall–Kier alpha value is -2.14. The van der Waals surface area contributed by atoms with Crippen LogP contribution >= 0.6 is 11.6 Å². The van der Waals surface area contributed by atoms with E-state index in [0.717, 1.165) is 0 Å². The van der Waals surface area contributed by atoms with Gasteiger partial charge < -0.3 is 10.8 Å². The Labute approximate surface area is 107 Å². The number of anilines is 1. The number of carboxylic acids is 1. The lowest BCUT2D eigenvalue weighted by atomic mass is 10.0. The number of benzene rings is 1. The topological polar surface area (TPSA) is 76.2 Å². The van der Waals surface area contributed by atoms with Crippen molar-refractivity contribution < 1.29 is 14.3 Å². The number of nitrogens with two attached hydrogens (primary N) is 1. The van der Waals surface area contributed by atoms with Crippen LogP contribution in [0.5, 0.6) is 0 Å². The molecule has 0 aliphatic rings. The summed E-state index contributed by atoms with van der Waals surface area (Å²) in [7, 11) is 0. The zero-order chi connectivity index (χ0) is 13.3. The second-order valence-corrected chi connectivity index (χ2v) is 3.97. The first-order valence-electron chi connectivity index (χ1n) is 4.94. The number of halogens is 2. The van der Waals surface area contributed by atoms with E-state index in [-0.39, 0.29) is 16.5 Å². The van der Waals surface area contributed by atoms with E-state index in [2.05, 4.69) is 4.98 Å². The summed E-state index contributed by atoms with van der Waals surface area (Å²) in [5, 5.41) is 8.97. The van der Waals surface area contributed by atoms with Crippen LogP contribution in [-0.2, 0) is 0 Å². The predicted molar refractivity (Wildman–Crippen MR) is 66.0 cm³/mol. The normalized spacial score (nSPS) is 10.3. The molecule has 0 unspecified atom stereocenters. The van der Waals surface area contributed by atoms with Crippen molar-refractivity contribution in [2.45, 2.75) is 0 Å². The molecule has 1 aromatic carbocycles. The molecule has 0 fully saturated rings. The van der Waals surface area contributed by atoms with Crippen molar-refractivity contribution in [1.29, 1.82) is 0 Å². The number of aromatic nitrogens is 1. The molecule has 2 rings (SSSR count). The fourth-order valence-corrected chi connectivity index (χ4v) is 1.71. The molecule has 4 nitrogen and oxygen atoms in total. The summed E-state index contributed by atoms with van der Waals surface area (Å²) in [6, 6.07) is 6.92.